The van der Waals surface area contributed by atoms with E-state index in [0.717, 1.165) is 6.07 Å². The van der Waals surface area contributed by atoms with Gasteiger partial charge in [-0.2, -0.15) is 9.78 Å². The molecular formula is C22H19FN8O3. The number of phenolic OH excluding ortho intramolecular Hbond substituents is 1. The normalized spacial score (nSPS) is 10.9. The first kappa shape index (κ1) is 22.3. The number of ether oxygens (including phenoxy) is 1. The van der Waals surface area contributed by atoms with Crippen molar-refractivity contribution in [3.05, 3.63) is 77.5 Å². The number of aromatic nitrogens is 5. The van der Waals surface area contributed by atoms with Gasteiger partial charge in [0.2, 0.25) is 0 Å². The molecule has 0 saturated heterocycles. The average Bonchev–Trinajstić information content (AvgIpc) is 3.35. The lowest BCUT2D eigenvalue weighted by molar-refractivity contribution is 0.252. The van der Waals surface area contributed by atoms with Crippen molar-refractivity contribution in [1.82, 2.24) is 30.6 Å². The molecule has 4 aromatic rings. The number of hydrazone groups is 1. The Balaban J connectivity index is 1.37. The van der Waals surface area contributed by atoms with Crippen LogP contribution in [0.2, 0.25) is 0 Å². The predicted octanol–water partition coefficient (Wildman–Crippen LogP) is 3.47. The first-order valence-electron chi connectivity index (χ1n) is 9.96. The Kier molecular flexibility index (Phi) is 6.39. The van der Waals surface area contributed by atoms with Crippen LogP contribution in [0.25, 0.3) is 5.82 Å². The highest BCUT2D eigenvalue weighted by Gasteiger charge is 2.10. The topological polar surface area (TPSA) is 139 Å². The summed E-state index contributed by atoms with van der Waals surface area (Å²) < 4.78 is 21.5. The summed E-state index contributed by atoms with van der Waals surface area (Å²) in [7, 11) is 0. The van der Waals surface area contributed by atoms with Gasteiger partial charge in [-0.1, -0.05) is 0 Å². The number of hydrogen-bond acceptors (Lipinski definition) is 8. The summed E-state index contributed by atoms with van der Waals surface area (Å²) >= 11 is 0. The summed E-state index contributed by atoms with van der Waals surface area (Å²) in [5, 5.41) is 27.0. The van der Waals surface area contributed by atoms with Gasteiger partial charge in [-0.3, -0.25) is 0 Å². The number of carbonyl (C=O) groups is 1. The minimum Gasteiger partial charge on any atom is -0.507 e. The number of benzene rings is 2. The molecule has 172 valence electrons. The number of phenols is 1. The molecule has 0 radical (unpaired) electrons. The van der Waals surface area contributed by atoms with E-state index >= 15 is 0 Å². The first-order valence-corrected chi connectivity index (χ1v) is 9.96. The van der Waals surface area contributed by atoms with Gasteiger partial charge < -0.3 is 15.2 Å². The van der Waals surface area contributed by atoms with Crippen LogP contribution >= 0.6 is 0 Å². The lowest BCUT2D eigenvalue weighted by atomic mass is 10.1. The minimum atomic E-state index is -0.683. The molecule has 34 heavy (non-hydrogen) atoms. The number of pyridine rings is 1. The van der Waals surface area contributed by atoms with E-state index in [1.54, 1.807) is 38.1 Å². The number of nitrogens with zero attached hydrogens (tertiary/aromatic N) is 6. The predicted molar refractivity (Wildman–Crippen MR) is 121 cm³/mol. The maximum Gasteiger partial charge on any atom is 0.339 e. The highest BCUT2D eigenvalue weighted by atomic mass is 19.1. The molecule has 0 bridgehead atoms. The lowest BCUT2D eigenvalue weighted by Gasteiger charge is -2.10. The summed E-state index contributed by atoms with van der Waals surface area (Å²) in [6, 6.07) is 9.89. The van der Waals surface area contributed by atoms with Crippen LogP contribution in [0.5, 0.6) is 17.2 Å². The van der Waals surface area contributed by atoms with Crippen molar-refractivity contribution >= 4 is 17.9 Å². The van der Waals surface area contributed by atoms with Crippen LogP contribution < -0.4 is 15.5 Å². The summed E-state index contributed by atoms with van der Waals surface area (Å²) in [6.07, 6.45) is 4.29. The molecule has 0 saturated carbocycles. The molecule has 0 unspecified atom stereocenters. The molecule has 0 atom stereocenters. The molecule has 3 N–H and O–H groups in total. The van der Waals surface area contributed by atoms with Gasteiger partial charge in [0, 0.05) is 24.0 Å². The van der Waals surface area contributed by atoms with Crippen LogP contribution in [0, 0.1) is 19.7 Å². The number of rotatable bonds is 6. The van der Waals surface area contributed by atoms with Crippen molar-refractivity contribution < 1.29 is 19.0 Å². The van der Waals surface area contributed by atoms with Crippen molar-refractivity contribution in [2.45, 2.75) is 13.8 Å². The van der Waals surface area contributed by atoms with Gasteiger partial charge in [0.05, 0.1) is 6.21 Å². The van der Waals surface area contributed by atoms with Gasteiger partial charge in [0.25, 0.3) is 0 Å². The van der Waals surface area contributed by atoms with Crippen molar-refractivity contribution in [3.8, 4) is 23.1 Å². The van der Waals surface area contributed by atoms with Gasteiger partial charge >= 0.3 is 6.03 Å². The molecule has 2 amide bonds. The number of carbonyl (C=O) groups excluding carboxylic acids is 1. The standard InChI is InChI=1S/C22H19FN8O3/c1-13-7-15(8-14(2)21(13)32)11-25-28-22(33)27-16-3-4-19(18(23)9-16)34-17-5-6-24-20(10-17)31-12-26-29-30-31/h3-12,32H,1-2H3,(H2,27,28,33)/b25-11+. The Bertz CT molecular complexity index is 1340. The van der Waals surface area contributed by atoms with Crippen LogP contribution in [0.15, 0.2) is 60.1 Å². The fraction of sp³-hybridized carbons (Fsp3) is 0.0909. The molecule has 2 aromatic carbocycles. The van der Waals surface area contributed by atoms with Crippen molar-refractivity contribution in [2.24, 2.45) is 5.10 Å². The Morgan fingerprint density at radius 1 is 1.18 bits per heavy atom. The minimum absolute atomic E-state index is 0.0454. The molecule has 0 aliphatic carbocycles. The van der Waals surface area contributed by atoms with Gasteiger partial charge in [-0.15, -0.1) is 5.10 Å². The zero-order valence-electron chi connectivity index (χ0n) is 18.1. The molecule has 2 aromatic heterocycles. The van der Waals surface area contributed by atoms with Crippen LogP contribution in [0.4, 0.5) is 14.9 Å². The molecule has 0 aliphatic heterocycles. The van der Waals surface area contributed by atoms with E-state index in [4.69, 9.17) is 4.74 Å². The van der Waals surface area contributed by atoms with Crippen LogP contribution in [-0.4, -0.2) is 42.5 Å². The van der Waals surface area contributed by atoms with Crippen molar-refractivity contribution in [3.63, 3.8) is 0 Å². The highest BCUT2D eigenvalue weighted by Crippen LogP contribution is 2.27. The third-order valence-electron chi connectivity index (χ3n) is 4.61. The first-order chi connectivity index (χ1) is 16.4. The second-order valence-corrected chi connectivity index (χ2v) is 7.18. The number of aryl methyl sites for hydroxylation is 2. The number of amides is 2. The van der Waals surface area contributed by atoms with E-state index in [9.17, 15) is 14.3 Å². The Labute approximate surface area is 192 Å². The largest absolute Gasteiger partial charge is 0.507 e. The Hall–Kier alpha value is -4.87. The van der Waals surface area contributed by atoms with E-state index in [2.05, 4.69) is 36.4 Å². The number of hydrogen-bond donors (Lipinski definition) is 3. The van der Waals surface area contributed by atoms with Crippen molar-refractivity contribution in [2.75, 3.05) is 5.32 Å². The van der Waals surface area contributed by atoms with Gasteiger partial charge in [-0.25, -0.2) is 19.6 Å². The van der Waals surface area contributed by atoms with Gasteiger partial charge in [-0.05, 0) is 71.3 Å². The molecule has 0 spiro atoms. The zero-order valence-corrected chi connectivity index (χ0v) is 18.1. The zero-order chi connectivity index (χ0) is 24.1. The van der Waals surface area contributed by atoms with Gasteiger partial charge in [0.1, 0.15) is 17.8 Å². The number of tetrazole rings is 1. The van der Waals surface area contributed by atoms with E-state index in [0.29, 0.717) is 28.3 Å². The Morgan fingerprint density at radius 2 is 1.97 bits per heavy atom. The number of anilines is 1. The van der Waals surface area contributed by atoms with Crippen LogP contribution in [0.1, 0.15) is 16.7 Å². The molecule has 12 heteroatoms. The molecular weight excluding hydrogens is 443 g/mol. The van der Waals surface area contributed by atoms with Crippen LogP contribution in [0.3, 0.4) is 0 Å². The fourth-order valence-corrected chi connectivity index (χ4v) is 3.03. The number of nitrogens with one attached hydrogen (secondary N) is 2. The molecule has 0 fully saturated rings. The lowest BCUT2D eigenvalue weighted by Crippen LogP contribution is -2.24. The SMILES string of the molecule is Cc1cc(/C=N/NC(=O)Nc2ccc(Oc3ccnc(-n4cnnn4)c3)c(F)c2)cc(C)c1O. The van der Waals surface area contributed by atoms with E-state index in [1.807, 2.05) is 0 Å². The van der Waals surface area contributed by atoms with Crippen molar-refractivity contribution in [1.29, 1.82) is 0 Å². The molecule has 4 rings (SSSR count). The molecule has 2 heterocycles. The highest BCUT2D eigenvalue weighted by molar-refractivity contribution is 5.90. The maximum atomic E-state index is 14.5. The number of aromatic hydroxyl groups is 1. The summed E-state index contributed by atoms with van der Waals surface area (Å²) in [6.45, 7) is 3.54. The smallest absolute Gasteiger partial charge is 0.339 e. The monoisotopic (exact) mass is 462 g/mol. The fourth-order valence-electron chi connectivity index (χ4n) is 3.03. The number of halogens is 1. The van der Waals surface area contributed by atoms with E-state index < -0.39 is 11.8 Å². The number of urea groups is 1. The van der Waals surface area contributed by atoms with Crippen LogP contribution in [-0.2, 0) is 0 Å². The third kappa shape index (κ3) is 5.30. The molecule has 0 aliphatic rings. The second kappa shape index (κ2) is 9.73. The molecule has 11 nitrogen and oxygen atoms in total. The van der Waals surface area contributed by atoms with E-state index in [-0.39, 0.29) is 17.2 Å². The maximum absolute atomic E-state index is 14.5. The summed E-state index contributed by atoms with van der Waals surface area (Å²) in [5.41, 5.74) is 4.61. The average molecular weight is 462 g/mol. The third-order valence-corrected chi connectivity index (χ3v) is 4.61. The Morgan fingerprint density at radius 3 is 2.68 bits per heavy atom. The van der Waals surface area contributed by atoms with E-state index in [1.165, 1.54) is 35.6 Å². The summed E-state index contributed by atoms with van der Waals surface area (Å²) in [5.74, 6) is 0.213. The summed E-state index contributed by atoms with van der Waals surface area (Å²) in [4.78, 5) is 16.2. The second-order valence-electron chi connectivity index (χ2n) is 7.18. The van der Waals surface area contributed by atoms with Gasteiger partial charge in [0.15, 0.2) is 17.4 Å². The quantitative estimate of drug-likeness (QED) is 0.294.